The number of carbonyl (C=O) groups excluding carboxylic acids is 2. The van der Waals surface area contributed by atoms with Crippen LogP contribution in [-0.4, -0.2) is 39.9 Å². The number of hydrogen-bond acceptors (Lipinski definition) is 7. The van der Waals surface area contributed by atoms with Crippen LogP contribution >= 0.6 is 0 Å². The summed E-state index contributed by atoms with van der Waals surface area (Å²) >= 11 is 0. The van der Waals surface area contributed by atoms with Gasteiger partial charge in [0.05, 0.1) is 11.1 Å². The molecule has 0 amide bonds. The van der Waals surface area contributed by atoms with E-state index in [0.717, 1.165) is 24.4 Å². The Kier molecular flexibility index (Phi) is 4.27. The van der Waals surface area contributed by atoms with Gasteiger partial charge in [0.25, 0.3) is 5.79 Å². The molecule has 3 N–H and O–H groups in total. The molecule has 1 heterocycles. The fourth-order valence-electron chi connectivity index (χ4n) is 1.89. The van der Waals surface area contributed by atoms with E-state index in [1.165, 1.54) is 13.8 Å². The maximum atomic E-state index is 11.8. The van der Waals surface area contributed by atoms with Gasteiger partial charge in [-0.3, -0.25) is 0 Å². The van der Waals surface area contributed by atoms with Gasteiger partial charge in [-0.1, -0.05) is 0 Å². The number of rotatable bonds is 4. The second kappa shape index (κ2) is 6.03. The van der Waals surface area contributed by atoms with Crippen molar-refractivity contribution in [3.63, 3.8) is 0 Å². The summed E-state index contributed by atoms with van der Waals surface area (Å²) in [6.07, 6.45) is 0.965. The molecule has 1 fully saturated rings. The van der Waals surface area contributed by atoms with Crippen LogP contribution < -0.4 is 5.32 Å². The Morgan fingerprint density at radius 3 is 1.88 bits per heavy atom. The van der Waals surface area contributed by atoms with Crippen molar-refractivity contribution in [2.45, 2.75) is 19.6 Å². The molecule has 1 aliphatic rings. The van der Waals surface area contributed by atoms with E-state index in [9.17, 15) is 19.2 Å². The summed E-state index contributed by atoms with van der Waals surface area (Å²) < 4.78 is 9.78. The van der Waals surface area contributed by atoms with E-state index in [2.05, 4.69) is 5.32 Å². The quantitative estimate of drug-likeness (QED) is 0.421. The fourth-order valence-corrected chi connectivity index (χ4v) is 1.89. The molecule has 9 heteroatoms. The molecule has 0 radical (unpaired) electrons. The van der Waals surface area contributed by atoms with Crippen molar-refractivity contribution < 1.29 is 38.9 Å². The number of anilines is 1. The van der Waals surface area contributed by atoms with Gasteiger partial charge in [-0.15, -0.1) is 0 Å². The van der Waals surface area contributed by atoms with Gasteiger partial charge in [-0.05, 0) is 18.2 Å². The maximum Gasteiger partial charge on any atom is 0.350 e. The molecule has 0 aliphatic carbocycles. The lowest BCUT2D eigenvalue weighted by atomic mass is 10.1. The first-order valence-corrected chi connectivity index (χ1v) is 6.64. The number of esters is 2. The summed E-state index contributed by atoms with van der Waals surface area (Å²) in [5, 5.41) is 20.5. The maximum absolute atomic E-state index is 11.8. The number of carbonyl (C=O) groups is 4. The highest BCUT2D eigenvalue weighted by Crippen LogP contribution is 2.23. The van der Waals surface area contributed by atoms with Gasteiger partial charge in [-0.2, -0.15) is 0 Å². The Morgan fingerprint density at radius 1 is 1.00 bits per heavy atom. The number of carboxylic acids is 2. The third kappa shape index (κ3) is 3.69. The zero-order valence-electron chi connectivity index (χ0n) is 12.7. The molecule has 1 saturated heterocycles. The topological polar surface area (TPSA) is 139 Å². The lowest BCUT2D eigenvalue weighted by molar-refractivity contribution is -0.222. The average Bonchev–Trinajstić information content (AvgIpc) is 2.44. The summed E-state index contributed by atoms with van der Waals surface area (Å²) in [7, 11) is 0. The number of aromatic carboxylic acids is 2. The van der Waals surface area contributed by atoms with Crippen LogP contribution in [0.1, 0.15) is 34.6 Å². The number of benzene rings is 1. The van der Waals surface area contributed by atoms with E-state index in [4.69, 9.17) is 19.7 Å². The molecule has 2 rings (SSSR count). The van der Waals surface area contributed by atoms with Crippen LogP contribution in [0.2, 0.25) is 0 Å². The summed E-state index contributed by atoms with van der Waals surface area (Å²) in [6, 6.07) is 3.28. The van der Waals surface area contributed by atoms with Gasteiger partial charge in [0, 0.05) is 25.7 Å². The Hall–Kier alpha value is -3.36. The van der Waals surface area contributed by atoms with Crippen LogP contribution in [0.3, 0.4) is 0 Å². The Bertz CT molecular complexity index is 723. The number of hydrogen-bond donors (Lipinski definition) is 3. The van der Waals surface area contributed by atoms with Crippen LogP contribution in [0.5, 0.6) is 0 Å². The van der Waals surface area contributed by atoms with Crippen LogP contribution in [0.25, 0.3) is 0 Å². The minimum Gasteiger partial charge on any atom is -0.478 e. The minimum absolute atomic E-state index is 0.0604. The van der Waals surface area contributed by atoms with E-state index in [1.54, 1.807) is 0 Å². The second-order valence-electron chi connectivity index (χ2n) is 5.29. The van der Waals surface area contributed by atoms with Crippen molar-refractivity contribution in [3.05, 3.63) is 41.1 Å². The van der Waals surface area contributed by atoms with Crippen LogP contribution in [0.15, 0.2) is 30.0 Å². The van der Waals surface area contributed by atoms with Crippen LogP contribution in [-0.2, 0) is 19.1 Å². The van der Waals surface area contributed by atoms with E-state index in [0.29, 0.717) is 0 Å². The standard InChI is InChI=1S/C15H13NO8/c1-15(2)23-13(21)10(14(22)24-15)6-16-9-4-7(11(17)18)3-8(5-9)12(19)20/h3-6,16H,1-2H3,(H,17,18)(H,19,20). The lowest BCUT2D eigenvalue weighted by Crippen LogP contribution is -2.42. The molecule has 24 heavy (non-hydrogen) atoms. The van der Waals surface area contributed by atoms with E-state index in [-0.39, 0.29) is 16.8 Å². The van der Waals surface area contributed by atoms with Crippen molar-refractivity contribution in [2.75, 3.05) is 5.32 Å². The highest BCUT2D eigenvalue weighted by Gasteiger charge is 2.38. The largest absolute Gasteiger partial charge is 0.478 e. The minimum atomic E-state index is -1.38. The molecule has 0 aromatic heterocycles. The Balaban J connectivity index is 2.31. The van der Waals surface area contributed by atoms with Crippen molar-refractivity contribution in [1.29, 1.82) is 0 Å². The van der Waals surface area contributed by atoms with Gasteiger partial charge in [0.15, 0.2) is 5.57 Å². The number of carboxylic acid groups (broad SMARTS) is 2. The molecule has 0 spiro atoms. The normalized spacial score (nSPS) is 16.0. The first-order valence-electron chi connectivity index (χ1n) is 6.64. The lowest BCUT2D eigenvalue weighted by Gasteiger charge is -2.29. The predicted molar refractivity (Wildman–Crippen MR) is 78.3 cm³/mol. The molecule has 9 nitrogen and oxygen atoms in total. The Morgan fingerprint density at radius 2 is 1.46 bits per heavy atom. The first-order chi connectivity index (χ1) is 11.1. The summed E-state index contributed by atoms with van der Waals surface area (Å²) in [5.74, 6) is -5.88. The highest BCUT2D eigenvalue weighted by molar-refractivity contribution is 6.15. The van der Waals surface area contributed by atoms with Gasteiger partial charge in [0.2, 0.25) is 0 Å². The van der Waals surface area contributed by atoms with Crippen LogP contribution in [0, 0.1) is 0 Å². The van der Waals surface area contributed by atoms with Gasteiger partial charge in [0.1, 0.15) is 0 Å². The molecule has 0 saturated carbocycles. The molecule has 1 aromatic carbocycles. The second-order valence-corrected chi connectivity index (χ2v) is 5.29. The smallest absolute Gasteiger partial charge is 0.350 e. The van der Waals surface area contributed by atoms with Gasteiger partial charge in [-0.25, -0.2) is 19.2 Å². The molecule has 1 aliphatic heterocycles. The molecular weight excluding hydrogens is 322 g/mol. The Labute approximate surface area is 135 Å². The van der Waals surface area contributed by atoms with Crippen molar-refractivity contribution >= 4 is 29.6 Å². The average molecular weight is 335 g/mol. The van der Waals surface area contributed by atoms with E-state index >= 15 is 0 Å². The molecule has 0 bridgehead atoms. The monoisotopic (exact) mass is 335 g/mol. The zero-order chi connectivity index (χ0) is 18.1. The molecular formula is C15H13NO8. The summed E-state index contributed by atoms with van der Waals surface area (Å²) in [5.41, 5.74) is -0.923. The predicted octanol–water partition coefficient (Wildman–Crippen LogP) is 1.21. The SMILES string of the molecule is CC1(C)OC(=O)C(=CNc2cc(C(=O)O)cc(C(=O)O)c2)C(=O)O1. The molecule has 0 unspecified atom stereocenters. The van der Waals surface area contributed by atoms with Crippen molar-refractivity contribution in [1.82, 2.24) is 0 Å². The number of ether oxygens (including phenoxy) is 2. The van der Waals surface area contributed by atoms with Crippen LogP contribution in [0.4, 0.5) is 5.69 Å². The highest BCUT2D eigenvalue weighted by atomic mass is 16.7. The fraction of sp³-hybridized carbons (Fsp3) is 0.200. The van der Waals surface area contributed by atoms with Crippen molar-refractivity contribution in [3.8, 4) is 0 Å². The number of nitrogens with one attached hydrogen (secondary N) is 1. The summed E-state index contributed by atoms with van der Waals surface area (Å²) in [4.78, 5) is 45.6. The first kappa shape index (κ1) is 17.0. The molecule has 126 valence electrons. The number of cyclic esters (lactones) is 2. The third-order valence-electron chi connectivity index (χ3n) is 2.93. The van der Waals surface area contributed by atoms with Gasteiger partial charge >= 0.3 is 23.9 Å². The van der Waals surface area contributed by atoms with E-state index in [1.807, 2.05) is 0 Å². The zero-order valence-corrected chi connectivity index (χ0v) is 12.7. The van der Waals surface area contributed by atoms with E-state index < -0.39 is 35.2 Å². The van der Waals surface area contributed by atoms with Gasteiger partial charge < -0.3 is 25.0 Å². The molecule has 0 atom stereocenters. The summed E-state index contributed by atoms with van der Waals surface area (Å²) in [6.45, 7) is 2.78. The van der Waals surface area contributed by atoms with Crippen molar-refractivity contribution in [2.24, 2.45) is 0 Å². The third-order valence-corrected chi connectivity index (χ3v) is 2.93. The molecule has 1 aromatic rings.